The van der Waals surface area contributed by atoms with Gasteiger partial charge in [0.25, 0.3) is 0 Å². The molecular weight excluding hydrogens is 272 g/mol. The Morgan fingerprint density at radius 3 is 2.35 bits per heavy atom. The van der Waals surface area contributed by atoms with Crippen molar-refractivity contribution in [1.82, 2.24) is 0 Å². The lowest BCUT2D eigenvalue weighted by Gasteiger charge is -2.06. The molecule has 0 aromatic heterocycles. The quantitative estimate of drug-likeness (QED) is 0.920. The van der Waals surface area contributed by atoms with Gasteiger partial charge in [-0.15, -0.1) is 0 Å². The maximum atomic E-state index is 12.3. The largest absolute Gasteiger partial charge is 0.481 e. The number of hydrogen-bond acceptors (Lipinski definition) is 2. The van der Waals surface area contributed by atoms with Gasteiger partial charge in [0.05, 0.1) is 23.0 Å². The molecule has 0 radical (unpaired) electrons. The molecule has 104 valence electrons. The van der Waals surface area contributed by atoms with Gasteiger partial charge in [0.15, 0.2) is 0 Å². The van der Waals surface area contributed by atoms with Crippen LogP contribution in [0.4, 0.5) is 0 Å². The number of carboxylic acid groups (broad SMARTS) is 1. The topological polar surface area (TPSA) is 54.4 Å². The predicted molar refractivity (Wildman–Crippen MR) is 79.1 cm³/mol. The molecule has 1 atom stereocenters. The first-order valence-electron chi connectivity index (χ1n) is 6.30. The smallest absolute Gasteiger partial charge is 0.307 e. The van der Waals surface area contributed by atoms with E-state index in [1.165, 1.54) is 0 Å². The first-order chi connectivity index (χ1) is 9.56. The zero-order valence-electron chi connectivity index (χ0n) is 11.2. The second-order valence-electron chi connectivity index (χ2n) is 4.63. The summed E-state index contributed by atoms with van der Waals surface area (Å²) in [5, 5.41) is 8.71. The molecule has 0 saturated heterocycles. The van der Waals surface area contributed by atoms with Gasteiger partial charge in [-0.05, 0) is 35.7 Å². The van der Waals surface area contributed by atoms with Gasteiger partial charge in [0.1, 0.15) is 0 Å². The molecule has 2 aromatic rings. The highest BCUT2D eigenvalue weighted by Crippen LogP contribution is 2.16. The first kappa shape index (κ1) is 14.5. The minimum Gasteiger partial charge on any atom is -0.481 e. The molecular formula is C16H16O3S. The van der Waals surface area contributed by atoms with E-state index in [1.54, 1.807) is 24.3 Å². The Hall–Kier alpha value is -1.94. The number of carboxylic acids is 1. The van der Waals surface area contributed by atoms with Gasteiger partial charge in [0.2, 0.25) is 0 Å². The van der Waals surface area contributed by atoms with Crippen LogP contribution in [-0.2, 0) is 27.8 Å². The molecule has 0 fully saturated rings. The number of rotatable bonds is 5. The molecule has 0 aliphatic rings. The molecule has 0 aliphatic carbocycles. The maximum absolute atomic E-state index is 12.3. The van der Waals surface area contributed by atoms with Crippen molar-refractivity contribution in [2.45, 2.75) is 24.0 Å². The zero-order chi connectivity index (χ0) is 14.5. The maximum Gasteiger partial charge on any atom is 0.307 e. The molecule has 4 heteroatoms. The van der Waals surface area contributed by atoms with Crippen molar-refractivity contribution in [3.8, 4) is 0 Å². The Balaban J connectivity index is 2.10. The van der Waals surface area contributed by atoms with Crippen LogP contribution in [0.1, 0.15) is 16.7 Å². The normalized spacial score (nSPS) is 12.1. The molecule has 0 aliphatic heterocycles. The van der Waals surface area contributed by atoms with Crippen LogP contribution in [0.3, 0.4) is 0 Å². The summed E-state index contributed by atoms with van der Waals surface area (Å²) in [7, 11) is -1.11. The molecule has 2 aromatic carbocycles. The summed E-state index contributed by atoms with van der Waals surface area (Å²) in [4.78, 5) is 11.3. The van der Waals surface area contributed by atoms with Crippen LogP contribution < -0.4 is 0 Å². The summed E-state index contributed by atoms with van der Waals surface area (Å²) in [6, 6.07) is 14.8. The number of hydrogen-bond donors (Lipinski definition) is 1. The molecule has 3 nitrogen and oxygen atoms in total. The second-order valence-corrected chi connectivity index (χ2v) is 6.08. The van der Waals surface area contributed by atoms with Crippen LogP contribution in [0, 0.1) is 6.92 Å². The Morgan fingerprint density at radius 1 is 1.10 bits per heavy atom. The van der Waals surface area contributed by atoms with Gasteiger partial charge >= 0.3 is 5.97 Å². The molecule has 0 spiro atoms. The van der Waals surface area contributed by atoms with E-state index in [0.717, 1.165) is 16.0 Å². The van der Waals surface area contributed by atoms with Crippen molar-refractivity contribution in [3.05, 3.63) is 65.2 Å². The fraction of sp³-hybridized carbons (Fsp3) is 0.188. The SMILES string of the molecule is Cc1ccccc1CS(=O)c1ccc(CC(=O)O)cc1. The molecule has 0 bridgehead atoms. The van der Waals surface area contributed by atoms with Crippen LogP contribution in [-0.4, -0.2) is 15.3 Å². The van der Waals surface area contributed by atoms with Gasteiger partial charge in [-0.25, -0.2) is 0 Å². The number of aryl methyl sites for hydroxylation is 1. The summed E-state index contributed by atoms with van der Waals surface area (Å²) in [5.74, 6) is -0.385. The summed E-state index contributed by atoms with van der Waals surface area (Å²) in [5.41, 5.74) is 2.91. The summed E-state index contributed by atoms with van der Waals surface area (Å²) >= 11 is 0. The van der Waals surface area contributed by atoms with Crippen LogP contribution in [0.5, 0.6) is 0 Å². The molecule has 2 rings (SSSR count). The lowest BCUT2D eigenvalue weighted by Crippen LogP contribution is -2.01. The average Bonchev–Trinajstić information content (AvgIpc) is 2.41. The summed E-state index contributed by atoms with van der Waals surface area (Å²) in [6.45, 7) is 2.00. The number of benzene rings is 2. The molecule has 1 unspecified atom stereocenters. The van der Waals surface area contributed by atoms with Crippen molar-refractivity contribution < 1.29 is 14.1 Å². The van der Waals surface area contributed by atoms with E-state index >= 15 is 0 Å². The standard InChI is InChI=1S/C16H16O3S/c1-12-4-2-3-5-14(12)11-20(19)15-8-6-13(7-9-15)10-16(17)18/h2-9H,10-11H2,1H3,(H,17,18). The molecule has 1 N–H and O–H groups in total. The van der Waals surface area contributed by atoms with Gasteiger partial charge in [-0.1, -0.05) is 36.4 Å². The third-order valence-corrected chi connectivity index (χ3v) is 4.46. The molecule has 20 heavy (non-hydrogen) atoms. The van der Waals surface area contributed by atoms with Crippen LogP contribution in [0.15, 0.2) is 53.4 Å². The van der Waals surface area contributed by atoms with Gasteiger partial charge in [-0.3, -0.25) is 9.00 Å². The van der Waals surface area contributed by atoms with Crippen LogP contribution in [0.25, 0.3) is 0 Å². The van der Waals surface area contributed by atoms with Crippen molar-refractivity contribution in [2.24, 2.45) is 0 Å². The minimum absolute atomic E-state index is 0.00922. The Labute approximate surface area is 120 Å². The highest BCUT2D eigenvalue weighted by molar-refractivity contribution is 7.84. The zero-order valence-corrected chi connectivity index (χ0v) is 12.0. The van der Waals surface area contributed by atoms with Gasteiger partial charge in [-0.2, -0.15) is 0 Å². The highest BCUT2D eigenvalue weighted by Gasteiger charge is 2.08. The fourth-order valence-corrected chi connectivity index (χ4v) is 3.14. The van der Waals surface area contributed by atoms with Crippen molar-refractivity contribution in [2.75, 3.05) is 0 Å². The predicted octanol–water partition coefficient (Wildman–Crippen LogP) is 2.93. The Bertz CT molecular complexity index is 632. The van der Waals surface area contributed by atoms with E-state index in [9.17, 15) is 9.00 Å². The Morgan fingerprint density at radius 2 is 1.75 bits per heavy atom. The van der Waals surface area contributed by atoms with E-state index in [2.05, 4.69) is 0 Å². The molecule has 0 saturated carbocycles. The van der Waals surface area contributed by atoms with E-state index in [1.807, 2.05) is 31.2 Å². The molecule has 0 heterocycles. The highest BCUT2D eigenvalue weighted by atomic mass is 32.2. The van der Waals surface area contributed by atoms with Crippen molar-refractivity contribution >= 4 is 16.8 Å². The first-order valence-corrected chi connectivity index (χ1v) is 7.62. The van der Waals surface area contributed by atoms with Crippen LogP contribution >= 0.6 is 0 Å². The van der Waals surface area contributed by atoms with E-state index < -0.39 is 16.8 Å². The lowest BCUT2D eigenvalue weighted by molar-refractivity contribution is -0.136. The second kappa shape index (κ2) is 6.48. The third-order valence-electron chi connectivity index (χ3n) is 3.09. The average molecular weight is 288 g/mol. The van der Waals surface area contributed by atoms with E-state index in [4.69, 9.17) is 5.11 Å². The minimum atomic E-state index is -1.11. The van der Waals surface area contributed by atoms with Gasteiger partial charge in [0, 0.05) is 4.90 Å². The monoisotopic (exact) mass is 288 g/mol. The number of carbonyl (C=O) groups is 1. The summed E-state index contributed by atoms with van der Waals surface area (Å²) in [6.07, 6.45) is -0.00922. The number of aliphatic carboxylic acids is 1. The fourth-order valence-electron chi connectivity index (χ4n) is 1.93. The lowest BCUT2D eigenvalue weighted by atomic mass is 10.1. The molecule has 0 amide bonds. The third kappa shape index (κ3) is 3.78. The summed E-state index contributed by atoms with van der Waals surface area (Å²) < 4.78 is 12.3. The van der Waals surface area contributed by atoms with Crippen LogP contribution in [0.2, 0.25) is 0 Å². The van der Waals surface area contributed by atoms with Crippen molar-refractivity contribution in [3.63, 3.8) is 0 Å². The van der Waals surface area contributed by atoms with Gasteiger partial charge < -0.3 is 5.11 Å². The Kier molecular flexibility index (Phi) is 4.69. The van der Waals surface area contributed by atoms with E-state index in [-0.39, 0.29) is 6.42 Å². The van der Waals surface area contributed by atoms with Crippen molar-refractivity contribution in [1.29, 1.82) is 0 Å². The van der Waals surface area contributed by atoms with E-state index in [0.29, 0.717) is 11.3 Å².